The molecule has 1 heterocycles. The summed E-state index contributed by atoms with van der Waals surface area (Å²) in [5.41, 5.74) is -0.645. The molecule has 1 N–H and O–H groups in total. The zero-order valence-corrected chi connectivity index (χ0v) is 13.2. The Labute approximate surface area is 135 Å². The van der Waals surface area contributed by atoms with Gasteiger partial charge in [0.2, 0.25) is 6.54 Å². The van der Waals surface area contributed by atoms with Crippen molar-refractivity contribution in [2.45, 2.75) is 25.5 Å². The van der Waals surface area contributed by atoms with Gasteiger partial charge in [-0.1, -0.05) is 30.3 Å². The fourth-order valence-corrected chi connectivity index (χ4v) is 3.10. The second kappa shape index (κ2) is 7.52. The van der Waals surface area contributed by atoms with Crippen molar-refractivity contribution in [1.29, 1.82) is 0 Å². The van der Waals surface area contributed by atoms with Crippen LogP contribution in [0.25, 0.3) is 0 Å². The zero-order chi connectivity index (χ0) is 16.9. The molecule has 1 aliphatic heterocycles. The number of β-amino-alcohol motifs (C(OH)–C–C–N with tert-alkyl or cyclic N) is 1. The van der Waals surface area contributed by atoms with Gasteiger partial charge in [0.15, 0.2) is 5.60 Å². The van der Waals surface area contributed by atoms with Crippen molar-refractivity contribution in [3.05, 3.63) is 46.0 Å². The molecule has 0 saturated carbocycles. The number of hydrogen-bond acceptors (Lipinski definition) is 6. The minimum atomic E-state index is -1.71. The monoisotopic (exact) mass is 322 g/mol. The van der Waals surface area contributed by atoms with Crippen LogP contribution in [0.3, 0.4) is 0 Å². The quantitative estimate of drug-likeness (QED) is 0.478. The number of ether oxygens (including phenoxy) is 1. The first-order chi connectivity index (χ1) is 10.9. The molecule has 23 heavy (non-hydrogen) atoms. The zero-order valence-electron chi connectivity index (χ0n) is 13.2. The highest BCUT2D eigenvalue weighted by molar-refractivity contribution is 5.74. The molecule has 1 aromatic carbocycles. The number of likely N-dealkylation sites (tertiary alicyclic amines) is 1. The molecule has 0 aromatic heterocycles. The summed E-state index contributed by atoms with van der Waals surface area (Å²) in [7, 11) is 0. The first-order valence-corrected chi connectivity index (χ1v) is 7.71. The van der Waals surface area contributed by atoms with Gasteiger partial charge in [0.05, 0.1) is 12.5 Å². The third-order valence-electron chi connectivity index (χ3n) is 4.10. The molecule has 7 nitrogen and oxygen atoms in total. The number of aliphatic hydroxyl groups is 1. The Balaban J connectivity index is 2.12. The Hall–Kier alpha value is -1.99. The van der Waals surface area contributed by atoms with E-state index in [0.29, 0.717) is 19.5 Å². The lowest BCUT2D eigenvalue weighted by molar-refractivity contribution is -0.504. The highest BCUT2D eigenvalue weighted by atomic mass is 16.6. The van der Waals surface area contributed by atoms with Crippen molar-refractivity contribution >= 4 is 5.97 Å². The van der Waals surface area contributed by atoms with E-state index >= 15 is 0 Å². The molecular formula is C16H22N2O5. The molecule has 0 unspecified atom stereocenters. The van der Waals surface area contributed by atoms with Crippen LogP contribution in [0.5, 0.6) is 0 Å². The molecule has 1 aromatic rings. The standard InChI is InChI=1S/C16H22N2O5/c1-2-23-15(19)14-8-9-17(10-13-6-4-3-5-7-13)11-16(14,20)12-18(21)22/h3-7,14,20H,2,8-12H2,1H3/t14-,16-/m0/s1. The van der Waals surface area contributed by atoms with Crippen molar-refractivity contribution in [2.24, 2.45) is 5.92 Å². The molecule has 0 radical (unpaired) electrons. The second-order valence-corrected chi connectivity index (χ2v) is 5.88. The highest BCUT2D eigenvalue weighted by Gasteiger charge is 2.50. The van der Waals surface area contributed by atoms with Gasteiger partial charge in [-0.15, -0.1) is 0 Å². The summed E-state index contributed by atoms with van der Waals surface area (Å²) in [5, 5.41) is 21.7. The van der Waals surface area contributed by atoms with Gasteiger partial charge in [0.1, 0.15) is 0 Å². The number of benzene rings is 1. The van der Waals surface area contributed by atoms with Gasteiger partial charge >= 0.3 is 5.97 Å². The lowest BCUT2D eigenvalue weighted by Crippen LogP contribution is -2.59. The van der Waals surface area contributed by atoms with Crippen LogP contribution >= 0.6 is 0 Å². The van der Waals surface area contributed by atoms with E-state index in [-0.39, 0.29) is 13.2 Å². The van der Waals surface area contributed by atoms with Gasteiger partial charge in [-0.25, -0.2) is 0 Å². The maximum atomic E-state index is 12.0. The number of hydrogen-bond donors (Lipinski definition) is 1. The molecule has 126 valence electrons. The lowest BCUT2D eigenvalue weighted by atomic mass is 9.81. The van der Waals surface area contributed by atoms with E-state index in [9.17, 15) is 20.0 Å². The molecule has 0 bridgehead atoms. The molecule has 0 spiro atoms. The van der Waals surface area contributed by atoms with E-state index in [0.717, 1.165) is 5.56 Å². The molecular weight excluding hydrogens is 300 g/mol. The average molecular weight is 322 g/mol. The number of esters is 1. The van der Waals surface area contributed by atoms with Crippen molar-refractivity contribution < 1.29 is 19.6 Å². The fourth-order valence-electron chi connectivity index (χ4n) is 3.10. The maximum Gasteiger partial charge on any atom is 0.312 e. The summed E-state index contributed by atoms with van der Waals surface area (Å²) < 4.78 is 4.97. The second-order valence-electron chi connectivity index (χ2n) is 5.88. The fraction of sp³-hybridized carbons (Fsp3) is 0.562. The Morgan fingerprint density at radius 3 is 2.78 bits per heavy atom. The first kappa shape index (κ1) is 17.4. The molecule has 2 rings (SSSR count). The van der Waals surface area contributed by atoms with Crippen LogP contribution in [0, 0.1) is 16.0 Å². The highest BCUT2D eigenvalue weighted by Crippen LogP contribution is 2.30. The van der Waals surface area contributed by atoms with Gasteiger partial charge in [0.25, 0.3) is 0 Å². The molecule has 7 heteroatoms. The minimum Gasteiger partial charge on any atom is -0.466 e. The molecule has 1 saturated heterocycles. The van der Waals surface area contributed by atoms with Gasteiger partial charge in [-0.3, -0.25) is 19.8 Å². The summed E-state index contributed by atoms with van der Waals surface area (Å²) in [6.45, 7) is 2.44. The molecule has 1 fully saturated rings. The number of nitro groups is 1. The van der Waals surface area contributed by atoms with Crippen LogP contribution in [0.15, 0.2) is 30.3 Å². The number of piperidine rings is 1. The van der Waals surface area contributed by atoms with Crippen LogP contribution in [-0.2, 0) is 16.1 Å². The summed E-state index contributed by atoms with van der Waals surface area (Å²) in [6, 6.07) is 9.68. The Morgan fingerprint density at radius 2 is 2.17 bits per heavy atom. The van der Waals surface area contributed by atoms with E-state index in [1.54, 1.807) is 6.92 Å². The number of carbonyl (C=O) groups excluding carboxylic acids is 1. The largest absolute Gasteiger partial charge is 0.466 e. The number of rotatable bonds is 6. The summed E-state index contributed by atoms with van der Waals surface area (Å²) in [4.78, 5) is 24.3. The van der Waals surface area contributed by atoms with E-state index < -0.39 is 29.0 Å². The van der Waals surface area contributed by atoms with Gasteiger partial charge < -0.3 is 9.84 Å². The average Bonchev–Trinajstić information content (AvgIpc) is 2.47. The summed E-state index contributed by atoms with van der Waals surface area (Å²) in [5.74, 6) is -1.42. The van der Waals surface area contributed by atoms with Crippen LogP contribution < -0.4 is 0 Å². The van der Waals surface area contributed by atoms with Crippen LogP contribution in [0.4, 0.5) is 0 Å². The maximum absolute atomic E-state index is 12.0. The topological polar surface area (TPSA) is 92.9 Å². The van der Waals surface area contributed by atoms with Crippen molar-refractivity contribution in [3.63, 3.8) is 0 Å². The predicted molar refractivity (Wildman–Crippen MR) is 83.3 cm³/mol. The smallest absolute Gasteiger partial charge is 0.312 e. The Kier molecular flexibility index (Phi) is 5.68. The van der Waals surface area contributed by atoms with E-state index in [1.807, 2.05) is 35.2 Å². The lowest BCUT2D eigenvalue weighted by Gasteiger charge is -2.41. The number of nitrogens with zero attached hydrogens (tertiary/aromatic N) is 2. The van der Waals surface area contributed by atoms with E-state index in [1.165, 1.54) is 0 Å². The predicted octanol–water partition coefficient (Wildman–Crippen LogP) is 1.08. The van der Waals surface area contributed by atoms with E-state index in [4.69, 9.17) is 4.74 Å². The van der Waals surface area contributed by atoms with E-state index in [2.05, 4.69) is 0 Å². The van der Waals surface area contributed by atoms with Crippen LogP contribution in [0.1, 0.15) is 18.9 Å². The third-order valence-corrected chi connectivity index (χ3v) is 4.10. The third kappa shape index (κ3) is 4.49. The van der Waals surface area contributed by atoms with Gasteiger partial charge in [0, 0.05) is 18.0 Å². The van der Waals surface area contributed by atoms with Crippen LogP contribution in [-0.4, -0.2) is 52.7 Å². The summed E-state index contributed by atoms with van der Waals surface area (Å²) in [6.07, 6.45) is 0.343. The first-order valence-electron chi connectivity index (χ1n) is 7.71. The molecule has 1 aliphatic rings. The Bertz CT molecular complexity index is 551. The molecule has 2 atom stereocenters. The molecule has 0 amide bonds. The molecule has 0 aliphatic carbocycles. The van der Waals surface area contributed by atoms with Gasteiger partial charge in [-0.2, -0.15) is 0 Å². The SMILES string of the molecule is CCOC(=O)[C@@H]1CCN(Cc2ccccc2)C[C@]1(O)C[N+](=O)[O-]. The van der Waals surface area contributed by atoms with Gasteiger partial charge in [-0.05, 0) is 25.5 Å². The Morgan fingerprint density at radius 1 is 1.48 bits per heavy atom. The minimum absolute atomic E-state index is 0.0757. The summed E-state index contributed by atoms with van der Waals surface area (Å²) >= 11 is 0. The van der Waals surface area contributed by atoms with Crippen molar-refractivity contribution in [3.8, 4) is 0 Å². The van der Waals surface area contributed by atoms with Crippen LogP contribution in [0.2, 0.25) is 0 Å². The van der Waals surface area contributed by atoms with Crippen molar-refractivity contribution in [1.82, 2.24) is 4.90 Å². The normalized spacial score (nSPS) is 25.0. The van der Waals surface area contributed by atoms with Crippen molar-refractivity contribution in [2.75, 3.05) is 26.2 Å². The number of carbonyl (C=O) groups is 1.